The molecule has 0 fully saturated rings. The Morgan fingerprint density at radius 1 is 1.15 bits per heavy atom. The molecule has 0 saturated carbocycles. The number of primary sulfonamides is 1. The third-order valence-corrected chi connectivity index (χ3v) is 4.06. The minimum Gasteiger partial charge on any atom is -0.370 e. The fourth-order valence-corrected chi connectivity index (χ4v) is 2.55. The van der Waals surface area contributed by atoms with Crippen LogP contribution in [0.15, 0.2) is 52.0 Å². The summed E-state index contributed by atoms with van der Waals surface area (Å²) < 4.78 is 23.0. The highest BCUT2D eigenvalue weighted by Crippen LogP contribution is 2.11. The second-order valence-electron chi connectivity index (χ2n) is 4.21. The van der Waals surface area contributed by atoms with Gasteiger partial charge in [0.25, 0.3) is 0 Å². The Hall–Kier alpha value is -1.44. The summed E-state index contributed by atoms with van der Waals surface area (Å²) in [5.41, 5.74) is 1.03. The minimum absolute atomic E-state index is 0.128. The van der Waals surface area contributed by atoms with Gasteiger partial charge in [0, 0.05) is 6.54 Å². The number of rotatable bonds is 5. The number of pyridine rings is 1. The Morgan fingerprint density at radius 3 is 2.45 bits per heavy atom. The Morgan fingerprint density at radius 2 is 1.85 bits per heavy atom. The SMILES string of the molecule is NS(=O)(=O)c1ccc(CCNc2cccc(Br)n2)cc1. The number of hydrogen-bond donors (Lipinski definition) is 2. The van der Waals surface area contributed by atoms with E-state index in [2.05, 4.69) is 26.2 Å². The summed E-state index contributed by atoms with van der Waals surface area (Å²) in [5, 5.41) is 8.24. The lowest BCUT2D eigenvalue weighted by Crippen LogP contribution is -2.12. The topological polar surface area (TPSA) is 85.1 Å². The van der Waals surface area contributed by atoms with Crippen LogP contribution in [0.2, 0.25) is 0 Å². The molecule has 0 aliphatic rings. The fourth-order valence-electron chi connectivity index (χ4n) is 1.69. The molecule has 0 amide bonds. The number of anilines is 1. The molecule has 0 unspecified atom stereocenters. The molecular formula is C13H14BrN3O2S. The van der Waals surface area contributed by atoms with Crippen molar-refractivity contribution in [3.63, 3.8) is 0 Å². The molecule has 106 valence electrons. The van der Waals surface area contributed by atoms with Gasteiger partial charge in [-0.3, -0.25) is 0 Å². The highest BCUT2D eigenvalue weighted by Gasteiger charge is 2.06. The monoisotopic (exact) mass is 355 g/mol. The lowest BCUT2D eigenvalue weighted by molar-refractivity contribution is 0.598. The molecule has 0 bridgehead atoms. The quantitative estimate of drug-likeness (QED) is 0.804. The number of nitrogens with two attached hydrogens (primary N) is 1. The van der Waals surface area contributed by atoms with E-state index in [9.17, 15) is 8.42 Å². The van der Waals surface area contributed by atoms with Gasteiger partial charge in [0.2, 0.25) is 10.0 Å². The standard InChI is InChI=1S/C13H14BrN3O2S/c14-12-2-1-3-13(17-12)16-9-8-10-4-6-11(7-5-10)20(15,18)19/h1-7H,8-9H2,(H,16,17)(H2,15,18,19). The summed E-state index contributed by atoms with van der Waals surface area (Å²) in [7, 11) is -3.62. The van der Waals surface area contributed by atoms with Crippen molar-refractivity contribution >= 4 is 31.8 Å². The highest BCUT2D eigenvalue weighted by atomic mass is 79.9. The molecule has 1 heterocycles. The third kappa shape index (κ3) is 4.29. The molecule has 7 heteroatoms. The molecule has 3 N–H and O–H groups in total. The van der Waals surface area contributed by atoms with Crippen LogP contribution in [-0.4, -0.2) is 19.9 Å². The maximum atomic E-state index is 11.1. The van der Waals surface area contributed by atoms with Gasteiger partial charge >= 0.3 is 0 Å². The van der Waals surface area contributed by atoms with Crippen molar-refractivity contribution in [3.8, 4) is 0 Å². The Balaban J connectivity index is 1.92. The Labute approximate surface area is 126 Å². The summed E-state index contributed by atoms with van der Waals surface area (Å²) in [6.45, 7) is 0.707. The van der Waals surface area contributed by atoms with E-state index in [1.807, 2.05) is 18.2 Å². The second kappa shape index (κ2) is 6.34. The van der Waals surface area contributed by atoms with E-state index in [-0.39, 0.29) is 4.90 Å². The normalized spacial score (nSPS) is 11.3. The zero-order chi connectivity index (χ0) is 14.6. The van der Waals surface area contributed by atoms with Gasteiger partial charge in [-0.05, 0) is 52.2 Å². The molecule has 0 radical (unpaired) electrons. The van der Waals surface area contributed by atoms with E-state index in [4.69, 9.17) is 5.14 Å². The number of halogens is 1. The second-order valence-corrected chi connectivity index (χ2v) is 6.59. The number of benzene rings is 1. The van der Waals surface area contributed by atoms with Crippen molar-refractivity contribution in [2.24, 2.45) is 5.14 Å². The summed E-state index contributed by atoms with van der Waals surface area (Å²) >= 11 is 3.31. The van der Waals surface area contributed by atoms with Gasteiger partial charge in [-0.2, -0.15) is 0 Å². The average Bonchev–Trinajstić information content (AvgIpc) is 2.38. The first-order chi connectivity index (χ1) is 9.45. The van der Waals surface area contributed by atoms with Gasteiger partial charge in [0.05, 0.1) is 4.90 Å². The van der Waals surface area contributed by atoms with Crippen LogP contribution < -0.4 is 10.5 Å². The molecule has 1 aromatic carbocycles. The molecule has 1 aromatic heterocycles. The van der Waals surface area contributed by atoms with Crippen LogP contribution >= 0.6 is 15.9 Å². The van der Waals surface area contributed by atoms with Crippen LogP contribution in [0.1, 0.15) is 5.56 Å². The maximum Gasteiger partial charge on any atom is 0.238 e. The van der Waals surface area contributed by atoms with E-state index in [1.165, 1.54) is 12.1 Å². The van der Waals surface area contributed by atoms with Crippen molar-refractivity contribution in [1.82, 2.24) is 4.98 Å². The average molecular weight is 356 g/mol. The van der Waals surface area contributed by atoms with Gasteiger partial charge < -0.3 is 5.32 Å². The Bertz CT molecular complexity index is 687. The first kappa shape index (κ1) is 15.0. The first-order valence-electron chi connectivity index (χ1n) is 5.93. The van der Waals surface area contributed by atoms with E-state index in [0.717, 1.165) is 22.4 Å². The molecule has 2 rings (SSSR count). The zero-order valence-corrected chi connectivity index (χ0v) is 13.0. The molecule has 0 spiro atoms. The van der Waals surface area contributed by atoms with Gasteiger partial charge in [-0.1, -0.05) is 18.2 Å². The number of aromatic nitrogens is 1. The highest BCUT2D eigenvalue weighted by molar-refractivity contribution is 9.10. The van der Waals surface area contributed by atoms with E-state index >= 15 is 0 Å². The third-order valence-electron chi connectivity index (χ3n) is 2.69. The summed E-state index contributed by atoms with van der Waals surface area (Å²) in [4.78, 5) is 4.39. The Kier molecular flexibility index (Phi) is 4.74. The van der Waals surface area contributed by atoms with E-state index < -0.39 is 10.0 Å². The van der Waals surface area contributed by atoms with Gasteiger partial charge in [0.15, 0.2) is 0 Å². The molecule has 0 saturated heterocycles. The van der Waals surface area contributed by atoms with Crippen LogP contribution in [-0.2, 0) is 16.4 Å². The molecule has 5 nitrogen and oxygen atoms in total. The molecule has 0 aliphatic carbocycles. The fraction of sp³-hybridized carbons (Fsp3) is 0.154. The number of nitrogens with one attached hydrogen (secondary N) is 1. The molecule has 0 aliphatic heterocycles. The molecule has 20 heavy (non-hydrogen) atoms. The van der Waals surface area contributed by atoms with Crippen LogP contribution in [0, 0.1) is 0 Å². The summed E-state index contributed by atoms with van der Waals surface area (Å²) in [6, 6.07) is 12.2. The van der Waals surface area contributed by atoms with E-state index in [0.29, 0.717) is 6.54 Å². The van der Waals surface area contributed by atoms with Crippen molar-refractivity contribution < 1.29 is 8.42 Å². The zero-order valence-electron chi connectivity index (χ0n) is 10.6. The van der Waals surface area contributed by atoms with Crippen molar-refractivity contribution in [3.05, 3.63) is 52.6 Å². The molecule has 2 aromatic rings. The van der Waals surface area contributed by atoms with Crippen molar-refractivity contribution in [1.29, 1.82) is 0 Å². The van der Waals surface area contributed by atoms with Crippen LogP contribution in [0.3, 0.4) is 0 Å². The predicted molar refractivity (Wildman–Crippen MR) is 81.9 cm³/mol. The van der Waals surface area contributed by atoms with E-state index in [1.54, 1.807) is 12.1 Å². The largest absolute Gasteiger partial charge is 0.370 e. The summed E-state index contributed by atoms with van der Waals surface area (Å²) in [5.74, 6) is 0.792. The lowest BCUT2D eigenvalue weighted by atomic mass is 10.1. The predicted octanol–water partition coefficient (Wildman–Crippen LogP) is 2.15. The van der Waals surface area contributed by atoms with Crippen LogP contribution in [0.4, 0.5) is 5.82 Å². The molecule has 0 atom stereocenters. The van der Waals surface area contributed by atoms with Crippen LogP contribution in [0.25, 0.3) is 0 Å². The van der Waals surface area contributed by atoms with Crippen molar-refractivity contribution in [2.75, 3.05) is 11.9 Å². The lowest BCUT2D eigenvalue weighted by Gasteiger charge is -2.06. The number of sulfonamides is 1. The van der Waals surface area contributed by atoms with Gasteiger partial charge in [-0.25, -0.2) is 18.5 Å². The summed E-state index contributed by atoms with van der Waals surface area (Å²) in [6.07, 6.45) is 0.763. The smallest absolute Gasteiger partial charge is 0.238 e. The number of hydrogen-bond acceptors (Lipinski definition) is 4. The minimum atomic E-state index is -3.62. The van der Waals surface area contributed by atoms with Crippen molar-refractivity contribution in [2.45, 2.75) is 11.3 Å². The molecular weight excluding hydrogens is 342 g/mol. The van der Waals surface area contributed by atoms with Gasteiger partial charge in [-0.15, -0.1) is 0 Å². The van der Waals surface area contributed by atoms with Crippen LogP contribution in [0.5, 0.6) is 0 Å². The number of nitrogens with zero attached hydrogens (tertiary/aromatic N) is 1. The maximum absolute atomic E-state index is 11.1. The van der Waals surface area contributed by atoms with Gasteiger partial charge in [0.1, 0.15) is 10.4 Å². The first-order valence-corrected chi connectivity index (χ1v) is 8.27.